The number of ether oxygens (including phenoxy) is 1. The van der Waals surface area contributed by atoms with Gasteiger partial charge < -0.3 is 20.3 Å². The number of benzene rings is 1. The summed E-state index contributed by atoms with van der Waals surface area (Å²) in [6, 6.07) is 9.11. The van der Waals surface area contributed by atoms with Crippen molar-refractivity contribution in [2.45, 2.75) is 31.5 Å². The SMILES string of the molecule is CN=C(NCC1CN(C)CCO1)NC1CCN(Cc2ccc(Br)cc2)CC1. The Balaban J connectivity index is 1.37. The Labute approximate surface area is 171 Å². The van der Waals surface area contributed by atoms with Gasteiger partial charge in [-0.2, -0.15) is 0 Å². The van der Waals surface area contributed by atoms with Gasteiger partial charge in [0, 0.05) is 56.8 Å². The molecule has 1 atom stereocenters. The molecule has 150 valence electrons. The Morgan fingerprint density at radius 3 is 2.63 bits per heavy atom. The molecule has 0 radical (unpaired) electrons. The molecular weight excluding hydrogens is 406 g/mol. The van der Waals surface area contributed by atoms with E-state index in [2.05, 4.69) is 72.7 Å². The van der Waals surface area contributed by atoms with Gasteiger partial charge in [0.15, 0.2) is 5.96 Å². The molecule has 1 aromatic carbocycles. The number of hydrogen-bond acceptors (Lipinski definition) is 4. The molecule has 2 aliphatic rings. The van der Waals surface area contributed by atoms with Crippen LogP contribution in [0.3, 0.4) is 0 Å². The van der Waals surface area contributed by atoms with Crippen molar-refractivity contribution < 1.29 is 4.74 Å². The van der Waals surface area contributed by atoms with E-state index >= 15 is 0 Å². The van der Waals surface area contributed by atoms with E-state index in [4.69, 9.17) is 4.74 Å². The normalized spacial score (nSPS) is 23.4. The molecule has 1 unspecified atom stereocenters. The molecule has 2 saturated heterocycles. The smallest absolute Gasteiger partial charge is 0.191 e. The van der Waals surface area contributed by atoms with Crippen LogP contribution in [-0.4, -0.2) is 81.3 Å². The molecule has 6 nitrogen and oxygen atoms in total. The summed E-state index contributed by atoms with van der Waals surface area (Å²) in [5.74, 6) is 0.887. The highest BCUT2D eigenvalue weighted by molar-refractivity contribution is 9.10. The van der Waals surface area contributed by atoms with E-state index in [-0.39, 0.29) is 6.10 Å². The monoisotopic (exact) mass is 437 g/mol. The summed E-state index contributed by atoms with van der Waals surface area (Å²) in [5.41, 5.74) is 1.37. The number of likely N-dealkylation sites (tertiary alicyclic amines) is 1. The van der Waals surface area contributed by atoms with Gasteiger partial charge in [-0.05, 0) is 37.6 Å². The number of guanidine groups is 1. The molecule has 2 aliphatic heterocycles. The lowest BCUT2D eigenvalue weighted by molar-refractivity contribution is -0.0161. The molecule has 0 aliphatic carbocycles. The van der Waals surface area contributed by atoms with Crippen molar-refractivity contribution in [3.63, 3.8) is 0 Å². The molecule has 2 heterocycles. The number of morpholine rings is 1. The number of likely N-dealkylation sites (N-methyl/N-ethyl adjacent to an activating group) is 1. The summed E-state index contributed by atoms with van der Waals surface area (Å²) in [6.45, 7) is 6.85. The third-order valence-corrected chi connectivity index (χ3v) is 5.84. The van der Waals surface area contributed by atoms with E-state index < -0.39 is 0 Å². The zero-order valence-corrected chi connectivity index (χ0v) is 18.0. The van der Waals surface area contributed by atoms with Gasteiger partial charge >= 0.3 is 0 Å². The Morgan fingerprint density at radius 1 is 1.22 bits per heavy atom. The lowest BCUT2D eigenvalue weighted by Crippen LogP contribution is -2.51. The van der Waals surface area contributed by atoms with Gasteiger partial charge in [-0.3, -0.25) is 9.89 Å². The Kier molecular flexibility index (Phi) is 7.93. The van der Waals surface area contributed by atoms with Crippen LogP contribution in [0.2, 0.25) is 0 Å². The first kappa shape index (κ1) is 20.6. The van der Waals surface area contributed by atoms with Crippen LogP contribution < -0.4 is 10.6 Å². The van der Waals surface area contributed by atoms with Gasteiger partial charge in [-0.25, -0.2) is 0 Å². The van der Waals surface area contributed by atoms with Crippen LogP contribution in [-0.2, 0) is 11.3 Å². The third kappa shape index (κ3) is 6.75. The van der Waals surface area contributed by atoms with Gasteiger partial charge in [0.05, 0.1) is 12.7 Å². The molecule has 27 heavy (non-hydrogen) atoms. The zero-order valence-electron chi connectivity index (χ0n) is 16.5. The van der Waals surface area contributed by atoms with Crippen LogP contribution in [0.15, 0.2) is 33.7 Å². The zero-order chi connectivity index (χ0) is 19.1. The number of rotatable bonds is 5. The van der Waals surface area contributed by atoms with Crippen molar-refractivity contribution in [3.8, 4) is 0 Å². The largest absolute Gasteiger partial charge is 0.374 e. The molecule has 7 heteroatoms. The van der Waals surface area contributed by atoms with E-state index in [0.29, 0.717) is 6.04 Å². The molecule has 0 aromatic heterocycles. The van der Waals surface area contributed by atoms with Crippen molar-refractivity contribution in [1.29, 1.82) is 0 Å². The molecule has 0 amide bonds. The maximum absolute atomic E-state index is 5.81. The highest BCUT2D eigenvalue weighted by atomic mass is 79.9. The summed E-state index contributed by atoms with van der Waals surface area (Å²) in [7, 11) is 3.98. The minimum atomic E-state index is 0.232. The molecule has 2 N–H and O–H groups in total. The Morgan fingerprint density at radius 2 is 1.96 bits per heavy atom. The average molecular weight is 438 g/mol. The van der Waals surface area contributed by atoms with Gasteiger partial charge in [0.2, 0.25) is 0 Å². The summed E-state index contributed by atoms with van der Waals surface area (Å²) >= 11 is 3.50. The molecule has 0 spiro atoms. The van der Waals surface area contributed by atoms with Crippen molar-refractivity contribution in [2.24, 2.45) is 4.99 Å². The van der Waals surface area contributed by atoms with Crippen molar-refractivity contribution in [2.75, 3.05) is 53.4 Å². The standard InChI is InChI=1S/C20H32BrN5O/c1-22-20(23-13-19-15-25(2)11-12-27-19)24-18-7-9-26(10-8-18)14-16-3-5-17(21)6-4-16/h3-6,18-19H,7-15H2,1-2H3,(H2,22,23,24). The first-order valence-corrected chi connectivity index (χ1v) is 10.7. The predicted octanol–water partition coefficient (Wildman–Crippen LogP) is 1.91. The van der Waals surface area contributed by atoms with Crippen LogP contribution in [0.1, 0.15) is 18.4 Å². The maximum Gasteiger partial charge on any atom is 0.191 e. The molecule has 3 rings (SSSR count). The second-order valence-corrected chi connectivity index (χ2v) is 8.45. The number of piperidine rings is 1. The molecule has 0 saturated carbocycles. The minimum absolute atomic E-state index is 0.232. The third-order valence-electron chi connectivity index (χ3n) is 5.31. The average Bonchev–Trinajstić information content (AvgIpc) is 2.68. The quantitative estimate of drug-likeness (QED) is 0.544. The molecule has 0 bridgehead atoms. The van der Waals surface area contributed by atoms with Gasteiger partial charge in [0.1, 0.15) is 0 Å². The maximum atomic E-state index is 5.81. The Bertz CT molecular complexity index is 601. The van der Waals surface area contributed by atoms with Gasteiger partial charge in [-0.15, -0.1) is 0 Å². The van der Waals surface area contributed by atoms with Crippen LogP contribution in [0.4, 0.5) is 0 Å². The minimum Gasteiger partial charge on any atom is -0.374 e. The summed E-state index contributed by atoms with van der Waals surface area (Å²) < 4.78 is 6.95. The summed E-state index contributed by atoms with van der Waals surface area (Å²) in [6.07, 6.45) is 2.51. The highest BCUT2D eigenvalue weighted by Crippen LogP contribution is 2.16. The predicted molar refractivity (Wildman–Crippen MR) is 114 cm³/mol. The molecular formula is C20H32BrN5O. The second kappa shape index (κ2) is 10.4. The number of halogens is 1. The Hall–Kier alpha value is -1.15. The summed E-state index contributed by atoms with van der Waals surface area (Å²) in [4.78, 5) is 9.23. The van der Waals surface area contributed by atoms with Crippen molar-refractivity contribution >= 4 is 21.9 Å². The van der Waals surface area contributed by atoms with Gasteiger partial charge in [-0.1, -0.05) is 28.1 Å². The second-order valence-electron chi connectivity index (χ2n) is 7.53. The topological polar surface area (TPSA) is 52.1 Å². The van der Waals surface area contributed by atoms with Crippen LogP contribution in [0.25, 0.3) is 0 Å². The van der Waals surface area contributed by atoms with Crippen LogP contribution in [0.5, 0.6) is 0 Å². The molecule has 2 fully saturated rings. The number of hydrogen-bond donors (Lipinski definition) is 2. The van der Waals surface area contributed by atoms with Gasteiger partial charge in [0.25, 0.3) is 0 Å². The number of nitrogens with zero attached hydrogens (tertiary/aromatic N) is 3. The lowest BCUT2D eigenvalue weighted by Gasteiger charge is -2.34. The van der Waals surface area contributed by atoms with E-state index in [1.54, 1.807) is 0 Å². The summed E-state index contributed by atoms with van der Waals surface area (Å²) in [5, 5.41) is 7.02. The fourth-order valence-electron chi connectivity index (χ4n) is 3.67. The number of nitrogens with one attached hydrogen (secondary N) is 2. The first-order chi connectivity index (χ1) is 13.1. The van der Waals surface area contributed by atoms with E-state index in [1.807, 2.05) is 7.05 Å². The van der Waals surface area contributed by atoms with E-state index in [1.165, 1.54) is 5.56 Å². The van der Waals surface area contributed by atoms with Crippen molar-refractivity contribution in [1.82, 2.24) is 20.4 Å². The van der Waals surface area contributed by atoms with Crippen LogP contribution in [0, 0.1) is 0 Å². The number of aliphatic imine (C=N–C) groups is 1. The van der Waals surface area contributed by atoms with E-state index in [0.717, 1.165) is 69.1 Å². The van der Waals surface area contributed by atoms with Crippen molar-refractivity contribution in [3.05, 3.63) is 34.3 Å². The fraction of sp³-hybridized carbons (Fsp3) is 0.650. The van der Waals surface area contributed by atoms with E-state index in [9.17, 15) is 0 Å². The first-order valence-electron chi connectivity index (χ1n) is 9.86. The molecule has 1 aromatic rings. The van der Waals surface area contributed by atoms with Crippen LogP contribution >= 0.6 is 15.9 Å². The fourth-order valence-corrected chi connectivity index (χ4v) is 3.94. The lowest BCUT2D eigenvalue weighted by atomic mass is 10.0. The highest BCUT2D eigenvalue weighted by Gasteiger charge is 2.21.